The fourth-order valence-electron chi connectivity index (χ4n) is 3.70. The summed E-state index contributed by atoms with van der Waals surface area (Å²) < 4.78 is 5.90. The number of hydrogen-bond donors (Lipinski definition) is 0. The van der Waals surface area contributed by atoms with Crippen molar-refractivity contribution in [3.63, 3.8) is 0 Å². The lowest BCUT2D eigenvalue weighted by atomic mass is 10.0. The van der Waals surface area contributed by atoms with Crippen LogP contribution in [0.1, 0.15) is 25.7 Å². The number of para-hydroxylation sites is 1. The van der Waals surface area contributed by atoms with Gasteiger partial charge in [-0.1, -0.05) is 48.5 Å². The van der Waals surface area contributed by atoms with Crippen LogP contribution >= 0.6 is 11.3 Å². The molecule has 0 bridgehead atoms. The van der Waals surface area contributed by atoms with Gasteiger partial charge >= 0.3 is 0 Å². The van der Waals surface area contributed by atoms with Crippen molar-refractivity contribution in [3.05, 3.63) is 87.6 Å². The van der Waals surface area contributed by atoms with Crippen LogP contribution in [0.5, 0.6) is 5.75 Å². The maximum Gasteiger partial charge on any atom is 0.264 e. The van der Waals surface area contributed by atoms with Crippen molar-refractivity contribution < 1.29 is 14.3 Å². The number of thiophene rings is 1. The molecule has 4 rings (SSSR count). The van der Waals surface area contributed by atoms with E-state index in [9.17, 15) is 9.59 Å². The summed E-state index contributed by atoms with van der Waals surface area (Å²) in [5.74, 6) is 0.742. The first-order valence-electron chi connectivity index (χ1n) is 10.5. The minimum Gasteiger partial charge on any atom is -0.483 e. The number of carbonyl (C=O) groups is 2. The van der Waals surface area contributed by atoms with E-state index < -0.39 is 0 Å². The topological polar surface area (TPSA) is 49.9 Å². The number of ether oxygens (including phenoxy) is 1. The van der Waals surface area contributed by atoms with Crippen molar-refractivity contribution in [3.8, 4) is 5.75 Å². The largest absolute Gasteiger partial charge is 0.483 e. The van der Waals surface area contributed by atoms with Gasteiger partial charge in [0.1, 0.15) is 5.75 Å². The monoisotopic (exact) mass is 434 g/mol. The minimum absolute atomic E-state index is 0.00384. The molecule has 1 aliphatic heterocycles. The standard InChI is InChI=1S/C25H26N2O3S/c1-19-11-12-23(31-19)25(29)27-15-13-26(14-16-27)24(28)18-30-22-10-6-5-9-21(22)17-20-7-3-2-4-8-20/h2-12H,13-18H2,1H3. The van der Waals surface area contributed by atoms with Crippen molar-refractivity contribution in [2.45, 2.75) is 13.3 Å². The molecular weight excluding hydrogens is 408 g/mol. The fourth-order valence-corrected chi connectivity index (χ4v) is 4.54. The lowest BCUT2D eigenvalue weighted by Crippen LogP contribution is -2.51. The van der Waals surface area contributed by atoms with Crippen molar-refractivity contribution in [1.82, 2.24) is 9.80 Å². The molecule has 2 heterocycles. The van der Waals surface area contributed by atoms with Gasteiger partial charge in [-0.2, -0.15) is 0 Å². The molecule has 1 aliphatic rings. The number of rotatable bonds is 6. The second kappa shape index (κ2) is 9.79. The molecule has 0 saturated carbocycles. The zero-order chi connectivity index (χ0) is 21.6. The van der Waals surface area contributed by atoms with Crippen LogP contribution in [0.3, 0.4) is 0 Å². The highest BCUT2D eigenvalue weighted by Gasteiger charge is 2.25. The third-order valence-electron chi connectivity index (χ3n) is 5.43. The van der Waals surface area contributed by atoms with E-state index in [0.717, 1.165) is 27.5 Å². The third-order valence-corrected chi connectivity index (χ3v) is 6.42. The Bertz CT molecular complexity index is 1040. The predicted octanol–water partition coefficient (Wildman–Crippen LogP) is 4.01. The highest BCUT2D eigenvalue weighted by atomic mass is 32.1. The van der Waals surface area contributed by atoms with Crippen LogP contribution in [0.25, 0.3) is 0 Å². The first-order valence-corrected chi connectivity index (χ1v) is 11.3. The van der Waals surface area contributed by atoms with Crippen molar-refractivity contribution in [2.75, 3.05) is 32.8 Å². The molecule has 31 heavy (non-hydrogen) atoms. The second-order valence-electron chi connectivity index (χ2n) is 7.64. The molecule has 0 aliphatic carbocycles. The minimum atomic E-state index is -0.0476. The number of amides is 2. The Kier molecular flexibility index (Phi) is 6.67. The molecule has 0 unspecified atom stereocenters. The first kappa shape index (κ1) is 21.1. The van der Waals surface area contributed by atoms with E-state index in [0.29, 0.717) is 26.2 Å². The van der Waals surface area contributed by atoms with Gasteiger partial charge < -0.3 is 14.5 Å². The van der Waals surface area contributed by atoms with Crippen molar-refractivity contribution >= 4 is 23.2 Å². The smallest absolute Gasteiger partial charge is 0.264 e. The van der Waals surface area contributed by atoms with Gasteiger partial charge in [0, 0.05) is 37.5 Å². The molecule has 2 amide bonds. The lowest BCUT2D eigenvalue weighted by Gasteiger charge is -2.34. The van der Waals surface area contributed by atoms with Gasteiger partial charge in [0.05, 0.1) is 4.88 Å². The molecule has 0 N–H and O–H groups in total. The van der Waals surface area contributed by atoms with Gasteiger partial charge in [-0.3, -0.25) is 9.59 Å². The third kappa shape index (κ3) is 5.33. The molecule has 160 valence electrons. The highest BCUT2D eigenvalue weighted by molar-refractivity contribution is 7.13. The van der Waals surface area contributed by atoms with Crippen LogP contribution in [0, 0.1) is 6.92 Å². The zero-order valence-corrected chi connectivity index (χ0v) is 18.4. The number of nitrogens with zero attached hydrogens (tertiary/aromatic N) is 2. The van der Waals surface area contributed by atoms with Gasteiger partial charge in [0.2, 0.25) is 0 Å². The average Bonchev–Trinajstić information content (AvgIpc) is 3.25. The summed E-state index contributed by atoms with van der Waals surface area (Å²) in [4.78, 5) is 30.8. The van der Waals surface area contributed by atoms with Crippen LogP contribution in [0.2, 0.25) is 0 Å². The van der Waals surface area contributed by atoms with Gasteiger partial charge in [0.25, 0.3) is 11.8 Å². The molecule has 1 aromatic heterocycles. The summed E-state index contributed by atoms with van der Waals surface area (Å²) in [5, 5.41) is 0. The van der Waals surface area contributed by atoms with Gasteiger partial charge in [-0.15, -0.1) is 11.3 Å². The number of carbonyl (C=O) groups excluding carboxylic acids is 2. The first-order chi connectivity index (χ1) is 15.1. The molecule has 0 atom stereocenters. The van der Waals surface area contributed by atoms with Crippen LogP contribution < -0.4 is 4.74 Å². The molecular formula is C25H26N2O3S. The average molecular weight is 435 g/mol. The van der Waals surface area contributed by atoms with E-state index in [4.69, 9.17) is 4.74 Å². The van der Waals surface area contributed by atoms with Gasteiger partial charge in [0.15, 0.2) is 6.61 Å². The maximum atomic E-state index is 12.7. The fraction of sp³-hybridized carbons (Fsp3) is 0.280. The normalized spacial score (nSPS) is 13.8. The van der Waals surface area contributed by atoms with E-state index in [1.54, 1.807) is 4.90 Å². The number of aryl methyl sites for hydroxylation is 1. The SMILES string of the molecule is Cc1ccc(C(=O)N2CCN(C(=O)COc3ccccc3Cc3ccccc3)CC2)s1. The van der Waals surface area contributed by atoms with E-state index in [1.165, 1.54) is 16.9 Å². The highest BCUT2D eigenvalue weighted by Crippen LogP contribution is 2.22. The quantitative estimate of drug-likeness (QED) is 0.589. The van der Waals surface area contributed by atoms with Crippen LogP contribution in [-0.4, -0.2) is 54.4 Å². The van der Waals surface area contributed by atoms with Crippen LogP contribution in [0.4, 0.5) is 0 Å². The summed E-state index contributed by atoms with van der Waals surface area (Å²) in [7, 11) is 0. The summed E-state index contributed by atoms with van der Waals surface area (Å²) in [6.07, 6.45) is 0.758. The Morgan fingerprint density at radius 1 is 0.871 bits per heavy atom. The predicted molar refractivity (Wildman–Crippen MR) is 123 cm³/mol. The lowest BCUT2D eigenvalue weighted by molar-refractivity contribution is -0.134. The number of hydrogen-bond acceptors (Lipinski definition) is 4. The molecule has 5 nitrogen and oxygen atoms in total. The number of piperazine rings is 1. The van der Waals surface area contributed by atoms with E-state index in [1.807, 2.05) is 66.4 Å². The summed E-state index contributed by atoms with van der Waals surface area (Å²) in [6, 6.07) is 21.9. The van der Waals surface area contributed by atoms with E-state index >= 15 is 0 Å². The second-order valence-corrected chi connectivity index (χ2v) is 8.93. The molecule has 2 aromatic carbocycles. The zero-order valence-electron chi connectivity index (χ0n) is 17.6. The van der Waals surface area contributed by atoms with Crippen LogP contribution in [-0.2, 0) is 11.2 Å². The molecule has 1 fully saturated rings. The van der Waals surface area contributed by atoms with Gasteiger partial charge in [-0.25, -0.2) is 0 Å². The Balaban J connectivity index is 1.30. The summed E-state index contributed by atoms with van der Waals surface area (Å²) >= 11 is 1.51. The molecule has 1 saturated heterocycles. The molecule has 3 aromatic rings. The summed E-state index contributed by atoms with van der Waals surface area (Å²) in [5.41, 5.74) is 2.26. The van der Waals surface area contributed by atoms with Crippen molar-refractivity contribution in [2.24, 2.45) is 0 Å². The number of benzene rings is 2. The maximum absolute atomic E-state index is 12.7. The molecule has 0 spiro atoms. The van der Waals surface area contributed by atoms with Gasteiger partial charge in [-0.05, 0) is 36.2 Å². The molecule has 0 radical (unpaired) electrons. The Morgan fingerprint density at radius 3 is 2.26 bits per heavy atom. The van der Waals surface area contributed by atoms with Crippen molar-refractivity contribution in [1.29, 1.82) is 0 Å². The Morgan fingerprint density at radius 2 is 1.55 bits per heavy atom. The Labute approximate surface area is 186 Å². The van der Waals surface area contributed by atoms with E-state index in [2.05, 4.69) is 12.1 Å². The Hall–Kier alpha value is -3.12. The van der Waals surface area contributed by atoms with E-state index in [-0.39, 0.29) is 18.4 Å². The van der Waals surface area contributed by atoms with Crippen LogP contribution in [0.15, 0.2) is 66.7 Å². The summed E-state index contributed by atoms with van der Waals surface area (Å²) in [6.45, 7) is 4.16. The molecule has 6 heteroatoms.